The van der Waals surface area contributed by atoms with Crippen molar-refractivity contribution < 1.29 is 9.53 Å². The van der Waals surface area contributed by atoms with Crippen molar-refractivity contribution in [2.45, 2.75) is 6.92 Å². The average Bonchev–Trinajstić information content (AvgIpc) is 3.24. The first-order valence-corrected chi connectivity index (χ1v) is 9.26. The molecule has 0 fully saturated rings. The first kappa shape index (κ1) is 17.4. The zero-order chi connectivity index (χ0) is 18.8. The first-order chi connectivity index (χ1) is 13.1. The van der Waals surface area contributed by atoms with E-state index in [1.165, 1.54) is 11.3 Å². The number of anilines is 1. The van der Waals surface area contributed by atoms with Crippen LogP contribution in [0.4, 0.5) is 5.69 Å². The van der Waals surface area contributed by atoms with Gasteiger partial charge in [-0.2, -0.15) is 9.61 Å². The number of carbonyl (C=O) groups excluding carboxylic acids is 1. The van der Waals surface area contributed by atoms with Crippen molar-refractivity contribution in [3.05, 3.63) is 59.4 Å². The summed E-state index contributed by atoms with van der Waals surface area (Å²) in [7, 11) is 0. The molecule has 7 nitrogen and oxygen atoms in total. The maximum Gasteiger partial charge on any atom is 0.262 e. The summed E-state index contributed by atoms with van der Waals surface area (Å²) in [4.78, 5) is 13.0. The molecular weight excluding hydrogens is 386 g/mol. The maximum atomic E-state index is 12.3. The van der Waals surface area contributed by atoms with E-state index in [0.717, 1.165) is 10.6 Å². The predicted octanol–water partition coefficient (Wildman–Crippen LogP) is 3.83. The number of carbonyl (C=O) groups is 1. The molecule has 2 heterocycles. The Morgan fingerprint density at radius 2 is 1.96 bits per heavy atom. The number of amides is 1. The van der Waals surface area contributed by atoms with E-state index in [4.69, 9.17) is 16.3 Å². The average molecular weight is 400 g/mol. The minimum absolute atomic E-state index is 0.111. The number of nitrogens with zero attached hydrogens (tertiary/aromatic N) is 4. The number of hydrogen-bond donors (Lipinski definition) is 1. The van der Waals surface area contributed by atoms with Crippen LogP contribution in [-0.4, -0.2) is 32.3 Å². The van der Waals surface area contributed by atoms with Crippen molar-refractivity contribution in [3.63, 3.8) is 0 Å². The van der Waals surface area contributed by atoms with Crippen LogP contribution in [0, 0.1) is 6.92 Å². The quantitative estimate of drug-likeness (QED) is 0.551. The van der Waals surface area contributed by atoms with Gasteiger partial charge in [-0.15, -0.1) is 10.2 Å². The normalized spacial score (nSPS) is 10.9. The standard InChI is InChI=1S/C18H14ClN5O2S/c1-11-21-22-18-24(11)23-17(27-18)14-4-2-3-5-15(14)20-16(25)10-26-13-8-6-12(19)7-9-13/h2-9H,10H2,1H3,(H,20,25). The van der Waals surface area contributed by atoms with Crippen molar-refractivity contribution >= 4 is 39.5 Å². The van der Waals surface area contributed by atoms with E-state index < -0.39 is 0 Å². The number of benzene rings is 2. The molecular formula is C18H14ClN5O2S. The molecule has 1 amide bonds. The van der Waals surface area contributed by atoms with Crippen molar-refractivity contribution in [1.82, 2.24) is 19.8 Å². The molecule has 27 heavy (non-hydrogen) atoms. The molecule has 0 saturated heterocycles. The van der Waals surface area contributed by atoms with E-state index in [0.29, 0.717) is 27.2 Å². The summed E-state index contributed by atoms with van der Waals surface area (Å²) in [5, 5.41) is 16.8. The summed E-state index contributed by atoms with van der Waals surface area (Å²) in [6.45, 7) is 1.73. The molecule has 0 spiro atoms. The molecule has 4 rings (SSSR count). The Kier molecular flexibility index (Phi) is 4.74. The van der Waals surface area contributed by atoms with Gasteiger partial charge in [0.25, 0.3) is 5.91 Å². The smallest absolute Gasteiger partial charge is 0.262 e. The van der Waals surface area contributed by atoms with Gasteiger partial charge in [0.1, 0.15) is 10.8 Å². The van der Waals surface area contributed by atoms with E-state index in [1.54, 1.807) is 28.8 Å². The maximum absolute atomic E-state index is 12.3. The lowest BCUT2D eigenvalue weighted by Crippen LogP contribution is -2.20. The highest BCUT2D eigenvalue weighted by Crippen LogP contribution is 2.31. The lowest BCUT2D eigenvalue weighted by Gasteiger charge is -2.10. The Bertz CT molecular complexity index is 1110. The van der Waals surface area contributed by atoms with Gasteiger partial charge in [0.05, 0.1) is 5.69 Å². The molecule has 4 aromatic rings. The Hall–Kier alpha value is -2.97. The molecule has 0 atom stereocenters. The van der Waals surface area contributed by atoms with Crippen LogP contribution in [-0.2, 0) is 4.79 Å². The second-order valence-corrected chi connectivity index (χ2v) is 7.08. The van der Waals surface area contributed by atoms with E-state index in [9.17, 15) is 4.79 Å². The summed E-state index contributed by atoms with van der Waals surface area (Å²) in [5.41, 5.74) is 1.47. The van der Waals surface area contributed by atoms with Crippen LogP contribution in [0.15, 0.2) is 48.5 Å². The Morgan fingerprint density at radius 3 is 2.74 bits per heavy atom. The van der Waals surface area contributed by atoms with Crippen molar-refractivity contribution in [2.24, 2.45) is 0 Å². The van der Waals surface area contributed by atoms with Crippen LogP contribution >= 0.6 is 22.9 Å². The molecule has 136 valence electrons. The molecule has 9 heteroatoms. The third-order valence-corrected chi connectivity index (χ3v) is 4.95. The SMILES string of the molecule is Cc1nnc2sc(-c3ccccc3NC(=O)COc3ccc(Cl)cc3)nn12. The molecule has 0 saturated carbocycles. The number of aryl methyl sites for hydroxylation is 1. The summed E-state index contributed by atoms with van der Waals surface area (Å²) in [6, 6.07) is 14.3. The Balaban J connectivity index is 1.50. The molecule has 0 unspecified atom stereocenters. The minimum Gasteiger partial charge on any atom is -0.484 e. The Morgan fingerprint density at radius 1 is 1.19 bits per heavy atom. The number of para-hydroxylation sites is 1. The molecule has 2 aromatic heterocycles. The van der Waals surface area contributed by atoms with Crippen LogP contribution in [0.2, 0.25) is 5.02 Å². The highest BCUT2D eigenvalue weighted by Gasteiger charge is 2.15. The fraction of sp³-hybridized carbons (Fsp3) is 0.111. The number of halogens is 1. The predicted molar refractivity (Wildman–Crippen MR) is 104 cm³/mol. The highest BCUT2D eigenvalue weighted by atomic mass is 35.5. The summed E-state index contributed by atoms with van der Waals surface area (Å²) in [6.07, 6.45) is 0. The van der Waals surface area contributed by atoms with Crippen LogP contribution < -0.4 is 10.1 Å². The highest BCUT2D eigenvalue weighted by molar-refractivity contribution is 7.19. The van der Waals surface area contributed by atoms with E-state index in [-0.39, 0.29) is 12.5 Å². The van der Waals surface area contributed by atoms with Gasteiger partial charge in [-0.25, -0.2) is 0 Å². The van der Waals surface area contributed by atoms with Gasteiger partial charge >= 0.3 is 0 Å². The third-order valence-electron chi connectivity index (χ3n) is 3.76. The van der Waals surface area contributed by atoms with Gasteiger partial charge in [-0.3, -0.25) is 4.79 Å². The van der Waals surface area contributed by atoms with Crippen molar-refractivity contribution in [3.8, 4) is 16.3 Å². The van der Waals surface area contributed by atoms with Gasteiger partial charge in [-0.1, -0.05) is 35.1 Å². The van der Waals surface area contributed by atoms with Crippen molar-refractivity contribution in [2.75, 3.05) is 11.9 Å². The second-order valence-electron chi connectivity index (χ2n) is 5.69. The number of aromatic nitrogens is 4. The zero-order valence-electron chi connectivity index (χ0n) is 14.2. The monoisotopic (exact) mass is 399 g/mol. The van der Waals surface area contributed by atoms with E-state index in [1.807, 2.05) is 31.2 Å². The summed E-state index contributed by atoms with van der Waals surface area (Å²) in [5.74, 6) is 1.02. The summed E-state index contributed by atoms with van der Waals surface area (Å²) < 4.78 is 7.17. The lowest BCUT2D eigenvalue weighted by molar-refractivity contribution is -0.118. The second kappa shape index (κ2) is 7.34. The molecule has 0 bridgehead atoms. The van der Waals surface area contributed by atoms with Gasteiger partial charge in [0, 0.05) is 10.6 Å². The van der Waals surface area contributed by atoms with Crippen LogP contribution in [0.1, 0.15) is 5.82 Å². The van der Waals surface area contributed by atoms with Gasteiger partial charge < -0.3 is 10.1 Å². The number of ether oxygens (including phenoxy) is 1. The molecule has 2 aromatic carbocycles. The minimum atomic E-state index is -0.267. The molecule has 0 aliphatic carbocycles. The Labute approximate surface area is 163 Å². The summed E-state index contributed by atoms with van der Waals surface area (Å²) >= 11 is 7.25. The van der Waals surface area contributed by atoms with Crippen LogP contribution in [0.3, 0.4) is 0 Å². The zero-order valence-corrected chi connectivity index (χ0v) is 15.8. The first-order valence-electron chi connectivity index (χ1n) is 8.06. The van der Waals surface area contributed by atoms with E-state index >= 15 is 0 Å². The number of hydrogen-bond acceptors (Lipinski definition) is 6. The largest absolute Gasteiger partial charge is 0.484 e. The van der Waals surface area contributed by atoms with E-state index in [2.05, 4.69) is 20.6 Å². The number of nitrogens with one attached hydrogen (secondary N) is 1. The van der Waals surface area contributed by atoms with Crippen LogP contribution in [0.25, 0.3) is 15.5 Å². The molecule has 0 aliphatic rings. The molecule has 1 N–H and O–H groups in total. The van der Waals surface area contributed by atoms with Gasteiger partial charge in [0.2, 0.25) is 4.96 Å². The number of fused-ring (bicyclic) bond motifs is 1. The fourth-order valence-corrected chi connectivity index (χ4v) is 3.52. The number of rotatable bonds is 5. The fourth-order valence-electron chi connectivity index (χ4n) is 2.47. The lowest BCUT2D eigenvalue weighted by atomic mass is 10.2. The van der Waals surface area contributed by atoms with Gasteiger partial charge in [-0.05, 0) is 43.3 Å². The van der Waals surface area contributed by atoms with Crippen molar-refractivity contribution in [1.29, 1.82) is 0 Å². The topological polar surface area (TPSA) is 81.4 Å². The van der Waals surface area contributed by atoms with Gasteiger partial charge in [0.15, 0.2) is 12.4 Å². The molecule has 0 aliphatic heterocycles. The molecule has 0 radical (unpaired) electrons. The third kappa shape index (κ3) is 3.76. The van der Waals surface area contributed by atoms with Crippen LogP contribution in [0.5, 0.6) is 5.75 Å².